The van der Waals surface area contributed by atoms with Crippen molar-refractivity contribution < 1.29 is 31.1 Å². The van der Waals surface area contributed by atoms with Crippen molar-refractivity contribution in [3.05, 3.63) is 45.2 Å². The van der Waals surface area contributed by atoms with Crippen LogP contribution in [0.3, 0.4) is 0 Å². The molecule has 1 aromatic carbocycles. The summed E-state index contributed by atoms with van der Waals surface area (Å²) >= 11 is 2.11. The second-order valence-corrected chi connectivity index (χ2v) is 10.5. The summed E-state index contributed by atoms with van der Waals surface area (Å²) in [7, 11) is 0. The maximum Gasteiger partial charge on any atom is 0.451 e. The van der Waals surface area contributed by atoms with Crippen LogP contribution in [-0.2, 0) is 30.2 Å². The van der Waals surface area contributed by atoms with Gasteiger partial charge < -0.3 is 14.4 Å². The zero-order valence-corrected chi connectivity index (χ0v) is 21.6. The molecule has 0 unspecified atom stereocenters. The van der Waals surface area contributed by atoms with Crippen LogP contribution in [0.1, 0.15) is 30.6 Å². The quantitative estimate of drug-likeness (QED) is 0.293. The van der Waals surface area contributed by atoms with Gasteiger partial charge in [-0.05, 0) is 47.1 Å². The molecule has 2 atom stereocenters. The first-order valence-corrected chi connectivity index (χ1v) is 12.6. The van der Waals surface area contributed by atoms with Gasteiger partial charge in [0.1, 0.15) is 0 Å². The van der Waals surface area contributed by atoms with Crippen LogP contribution in [0.4, 0.5) is 32.0 Å². The number of carbonyl (C=O) groups excluding carboxylic acids is 1. The Kier molecular flexibility index (Phi) is 6.51. The predicted octanol–water partition coefficient (Wildman–Crippen LogP) is 4.97. The van der Waals surface area contributed by atoms with Crippen molar-refractivity contribution in [3.63, 3.8) is 0 Å². The Balaban J connectivity index is 1.32. The Morgan fingerprint density at radius 1 is 1.05 bits per heavy atom. The highest BCUT2D eigenvalue weighted by Gasteiger charge is 2.41. The molecule has 3 aromatic rings. The highest BCUT2D eigenvalue weighted by atomic mass is 127. The van der Waals surface area contributed by atoms with Crippen LogP contribution in [0.15, 0.2) is 24.4 Å². The van der Waals surface area contributed by atoms with Crippen molar-refractivity contribution in [2.24, 2.45) is 11.8 Å². The molecule has 0 spiro atoms. The standard InChI is InChI=1S/C23H21F6IN6O/c1-12-10-34(19-15-3-2-13(22(24,25)26)8-17(15)31-9-16(19)30)5-4-14(12)20(37)35-6-7-36-18(11-35)32-33-21(36)23(27,28)29/h2-3,8-9,12,14H,4-7,10-11H2,1H3/t12-,14+/m1/s1. The number of rotatable bonds is 2. The number of amides is 1. The zero-order chi connectivity index (χ0) is 26.7. The first-order chi connectivity index (χ1) is 17.3. The van der Waals surface area contributed by atoms with Gasteiger partial charge in [-0.1, -0.05) is 13.0 Å². The normalized spacial score (nSPS) is 20.9. The molecule has 2 aliphatic rings. The number of hydrogen-bond acceptors (Lipinski definition) is 5. The second-order valence-electron chi connectivity index (χ2n) is 9.35. The molecular formula is C23H21F6IN6O. The lowest BCUT2D eigenvalue weighted by Crippen LogP contribution is -2.49. The Hall–Kier alpha value is -2.65. The van der Waals surface area contributed by atoms with Gasteiger partial charge in [0.2, 0.25) is 11.7 Å². The fourth-order valence-corrected chi connectivity index (χ4v) is 5.93. The van der Waals surface area contributed by atoms with Gasteiger partial charge in [0.15, 0.2) is 5.82 Å². The first-order valence-electron chi connectivity index (χ1n) is 11.5. The summed E-state index contributed by atoms with van der Waals surface area (Å²) in [5.74, 6) is -1.53. The number of piperidine rings is 1. The molecule has 0 bridgehead atoms. The average molecular weight is 638 g/mol. The van der Waals surface area contributed by atoms with Gasteiger partial charge in [-0.2, -0.15) is 26.3 Å². The molecule has 2 aromatic heterocycles. The van der Waals surface area contributed by atoms with Crippen LogP contribution < -0.4 is 4.90 Å². The van der Waals surface area contributed by atoms with Crippen molar-refractivity contribution in [1.29, 1.82) is 0 Å². The number of aromatic nitrogens is 4. The molecule has 0 N–H and O–H groups in total. The van der Waals surface area contributed by atoms with E-state index in [0.717, 1.165) is 26.0 Å². The van der Waals surface area contributed by atoms with Crippen LogP contribution in [0.25, 0.3) is 10.9 Å². The molecular weight excluding hydrogens is 617 g/mol. The summed E-state index contributed by atoms with van der Waals surface area (Å²) in [6.07, 6.45) is -7.04. The van der Waals surface area contributed by atoms with E-state index in [1.54, 1.807) is 6.20 Å². The van der Waals surface area contributed by atoms with Crippen LogP contribution >= 0.6 is 22.6 Å². The number of pyridine rings is 1. The van der Waals surface area contributed by atoms with E-state index in [0.29, 0.717) is 24.9 Å². The largest absolute Gasteiger partial charge is 0.451 e. The molecule has 1 amide bonds. The molecule has 1 saturated heterocycles. The van der Waals surface area contributed by atoms with Gasteiger partial charge >= 0.3 is 12.4 Å². The van der Waals surface area contributed by atoms with Crippen molar-refractivity contribution in [2.75, 3.05) is 24.5 Å². The molecule has 5 rings (SSSR count). The van der Waals surface area contributed by atoms with Gasteiger partial charge in [-0.15, -0.1) is 10.2 Å². The van der Waals surface area contributed by atoms with E-state index in [9.17, 15) is 31.1 Å². The number of nitrogens with zero attached hydrogens (tertiary/aromatic N) is 6. The van der Waals surface area contributed by atoms with Crippen molar-refractivity contribution in [1.82, 2.24) is 24.6 Å². The number of halogens is 7. The Morgan fingerprint density at radius 2 is 1.81 bits per heavy atom. The lowest BCUT2D eigenvalue weighted by Gasteiger charge is -2.40. The lowest BCUT2D eigenvalue weighted by atomic mass is 9.85. The highest BCUT2D eigenvalue weighted by molar-refractivity contribution is 14.1. The molecule has 14 heteroatoms. The molecule has 0 aliphatic carbocycles. The minimum absolute atomic E-state index is 0.0305. The van der Waals surface area contributed by atoms with Crippen LogP contribution in [0, 0.1) is 15.4 Å². The van der Waals surface area contributed by atoms with Crippen molar-refractivity contribution >= 4 is 45.1 Å². The minimum Gasteiger partial charge on any atom is -0.370 e. The average Bonchev–Trinajstić information content (AvgIpc) is 3.26. The third-order valence-corrected chi connectivity index (χ3v) is 7.77. The number of anilines is 1. The van der Waals surface area contributed by atoms with E-state index in [-0.39, 0.29) is 48.7 Å². The topological polar surface area (TPSA) is 67.2 Å². The molecule has 7 nitrogen and oxygen atoms in total. The fourth-order valence-electron chi connectivity index (χ4n) is 5.16. The smallest absolute Gasteiger partial charge is 0.370 e. The SMILES string of the molecule is C[C@@H]1CN(c2c(I)cnc3cc(C(F)(F)F)ccc23)CC[C@@H]1C(=O)N1CCn2c(nnc2C(F)(F)F)C1. The van der Waals surface area contributed by atoms with E-state index in [4.69, 9.17) is 0 Å². The summed E-state index contributed by atoms with van der Waals surface area (Å²) in [4.78, 5) is 21.1. The molecule has 37 heavy (non-hydrogen) atoms. The Bertz CT molecular complexity index is 1360. The first kappa shape index (κ1) is 26.0. The number of benzene rings is 1. The summed E-state index contributed by atoms with van der Waals surface area (Å²) < 4.78 is 80.7. The van der Waals surface area contributed by atoms with Gasteiger partial charge in [-0.25, -0.2) is 0 Å². The highest BCUT2D eigenvalue weighted by Crippen LogP contribution is 2.38. The van der Waals surface area contributed by atoms with Crippen LogP contribution in [0.5, 0.6) is 0 Å². The third kappa shape index (κ3) is 4.83. The maximum absolute atomic E-state index is 13.3. The zero-order valence-electron chi connectivity index (χ0n) is 19.4. The van der Waals surface area contributed by atoms with Gasteiger partial charge in [0, 0.05) is 43.7 Å². The van der Waals surface area contributed by atoms with E-state index >= 15 is 0 Å². The summed E-state index contributed by atoms with van der Waals surface area (Å²) in [6.45, 7) is 2.99. The predicted molar refractivity (Wildman–Crippen MR) is 129 cm³/mol. The Labute approximate surface area is 221 Å². The summed E-state index contributed by atoms with van der Waals surface area (Å²) in [5, 5.41) is 7.51. The number of alkyl halides is 6. The lowest BCUT2D eigenvalue weighted by molar-refractivity contribution is -0.148. The summed E-state index contributed by atoms with van der Waals surface area (Å²) in [6, 6.07) is 3.51. The fraction of sp³-hybridized carbons (Fsp3) is 0.478. The van der Waals surface area contributed by atoms with E-state index < -0.39 is 23.7 Å². The molecule has 4 heterocycles. The van der Waals surface area contributed by atoms with E-state index in [1.807, 2.05) is 6.92 Å². The maximum atomic E-state index is 13.3. The van der Waals surface area contributed by atoms with Crippen LogP contribution in [-0.4, -0.2) is 50.2 Å². The third-order valence-electron chi connectivity index (χ3n) is 6.98. The van der Waals surface area contributed by atoms with E-state index in [1.165, 1.54) is 11.0 Å². The van der Waals surface area contributed by atoms with E-state index in [2.05, 4.69) is 42.7 Å². The number of carbonyl (C=O) groups is 1. The van der Waals surface area contributed by atoms with Gasteiger partial charge in [0.05, 0.1) is 26.9 Å². The van der Waals surface area contributed by atoms with Gasteiger partial charge in [0.25, 0.3) is 0 Å². The number of hydrogen-bond donors (Lipinski definition) is 0. The second kappa shape index (κ2) is 9.27. The number of fused-ring (bicyclic) bond motifs is 2. The van der Waals surface area contributed by atoms with Crippen LogP contribution in [0.2, 0.25) is 0 Å². The molecule has 2 aliphatic heterocycles. The van der Waals surface area contributed by atoms with Crippen molar-refractivity contribution in [2.45, 2.75) is 38.8 Å². The monoisotopic (exact) mass is 638 g/mol. The molecule has 1 fully saturated rings. The molecule has 0 saturated carbocycles. The Morgan fingerprint density at radius 3 is 2.49 bits per heavy atom. The molecule has 0 radical (unpaired) electrons. The minimum atomic E-state index is -4.61. The molecule has 198 valence electrons. The van der Waals surface area contributed by atoms with Gasteiger partial charge in [-0.3, -0.25) is 9.78 Å². The van der Waals surface area contributed by atoms with Crippen molar-refractivity contribution in [3.8, 4) is 0 Å². The summed E-state index contributed by atoms with van der Waals surface area (Å²) in [5.41, 5.74) is 0.256.